The summed E-state index contributed by atoms with van der Waals surface area (Å²) in [6, 6.07) is 8.07. The number of halogens is 1. The van der Waals surface area contributed by atoms with Gasteiger partial charge >= 0.3 is 51.4 Å². The Bertz CT molecular complexity index is 767. The molecule has 0 aromatic heterocycles. The van der Waals surface area contributed by atoms with Gasteiger partial charge in [-0.25, -0.2) is 4.58 Å². The van der Waals surface area contributed by atoms with Crippen LogP contribution in [-0.4, -0.2) is 78.8 Å². The largest absolute Gasteiger partial charge is 1.00 e. The minimum Gasteiger partial charge on any atom is -0.675 e. The van der Waals surface area contributed by atoms with Crippen molar-refractivity contribution in [2.24, 2.45) is 4.99 Å². The molecule has 1 saturated heterocycles. The predicted octanol–water partition coefficient (Wildman–Crippen LogP) is 0.394. The molecule has 8 heteroatoms. The van der Waals surface area contributed by atoms with Gasteiger partial charge in [0.05, 0.1) is 12.2 Å². The molecular formula is C23H31FKN5Y-2. The van der Waals surface area contributed by atoms with Crippen LogP contribution in [0.15, 0.2) is 47.2 Å². The molecule has 0 atom stereocenters. The Morgan fingerprint density at radius 3 is 2.32 bits per heavy atom. The van der Waals surface area contributed by atoms with Gasteiger partial charge in [-0.2, -0.15) is 48.5 Å². The average Bonchev–Trinajstić information content (AvgIpc) is 2.75. The summed E-state index contributed by atoms with van der Waals surface area (Å²) in [4.78, 5) is 9.18. The van der Waals surface area contributed by atoms with E-state index in [1.54, 1.807) is 0 Å². The maximum absolute atomic E-state index is 10.5. The second-order valence-electron chi connectivity index (χ2n) is 7.09. The first-order chi connectivity index (χ1) is 14.0. The molecule has 1 fully saturated rings. The van der Waals surface area contributed by atoms with Crippen molar-refractivity contribution in [1.82, 2.24) is 9.80 Å². The molecule has 2 aliphatic heterocycles. The zero-order valence-electron chi connectivity index (χ0n) is 19.0. The molecule has 3 rings (SSSR count). The van der Waals surface area contributed by atoms with Gasteiger partial charge in [-0.1, -0.05) is 5.71 Å². The van der Waals surface area contributed by atoms with E-state index >= 15 is 0 Å². The van der Waals surface area contributed by atoms with Crippen molar-refractivity contribution in [2.75, 3.05) is 53.0 Å². The van der Waals surface area contributed by atoms with Gasteiger partial charge in [-0.15, -0.1) is 13.1 Å². The molecule has 1 aromatic carbocycles. The molecule has 0 amide bonds. The zero-order chi connectivity index (χ0) is 21.2. The monoisotopic (exact) mass is 524 g/mol. The van der Waals surface area contributed by atoms with E-state index < -0.39 is 6.67 Å². The molecular weight excluding hydrogens is 493 g/mol. The summed E-state index contributed by atoms with van der Waals surface area (Å²) in [7, 11) is 2.10. The number of benzene rings is 1. The van der Waals surface area contributed by atoms with Crippen molar-refractivity contribution in [3.63, 3.8) is 0 Å². The van der Waals surface area contributed by atoms with Crippen LogP contribution in [0.2, 0.25) is 0 Å². The molecule has 0 aliphatic carbocycles. The second kappa shape index (κ2) is 16.9. The number of nitrogens with zero attached hydrogens (tertiary/aromatic N) is 4. The number of rotatable bonds is 7. The fourth-order valence-electron chi connectivity index (χ4n) is 3.14. The van der Waals surface area contributed by atoms with Crippen molar-refractivity contribution in [1.29, 1.82) is 0 Å². The van der Waals surface area contributed by atoms with Gasteiger partial charge in [0.1, 0.15) is 7.05 Å². The van der Waals surface area contributed by atoms with Gasteiger partial charge in [0.15, 0.2) is 11.9 Å². The first-order valence-corrected chi connectivity index (χ1v) is 9.81. The van der Waals surface area contributed by atoms with Gasteiger partial charge in [0, 0.05) is 59.3 Å². The summed E-state index contributed by atoms with van der Waals surface area (Å²) in [5, 5.41) is 0. The first kappa shape index (κ1) is 31.3. The maximum atomic E-state index is 10.5. The molecule has 0 unspecified atom stereocenters. The minimum atomic E-state index is -0.514. The maximum Gasteiger partial charge on any atom is 1.00 e. The standard InChI is InChI=1S/C21H26N4.C2H5FN.K.Y/c1-5-22-21(19-8-6-17(2)7-9-19)16-25-12-10-24(11-13-25)15-20-14-23(4)18(20)3;3-1-2-4;;/h1,5-9,14,16H,2,10-13,15H2,3-4H3;4H,1-2H2;;/q-2;-1;+1;. The number of piperazine rings is 1. The van der Waals surface area contributed by atoms with Crippen LogP contribution in [-0.2, 0) is 32.7 Å². The minimum absolute atomic E-state index is 0. The molecule has 1 aromatic rings. The van der Waals surface area contributed by atoms with E-state index in [2.05, 4.69) is 53.0 Å². The molecule has 0 spiro atoms. The number of hydrogen-bond acceptors (Lipinski definition) is 3. The Labute approximate surface area is 255 Å². The number of hydrogen-bond donors (Lipinski definition) is 0. The summed E-state index contributed by atoms with van der Waals surface area (Å²) in [6.07, 6.45) is 3.58. The number of alkyl halides is 1. The third-order valence-corrected chi connectivity index (χ3v) is 5.01. The van der Waals surface area contributed by atoms with Gasteiger partial charge < -0.3 is 22.2 Å². The fourth-order valence-corrected chi connectivity index (χ4v) is 3.14. The van der Waals surface area contributed by atoms with Crippen LogP contribution in [0.5, 0.6) is 0 Å². The van der Waals surface area contributed by atoms with Gasteiger partial charge in [0.2, 0.25) is 0 Å². The van der Waals surface area contributed by atoms with Crippen molar-refractivity contribution < 1.29 is 93.1 Å². The van der Waals surface area contributed by atoms with Gasteiger partial charge in [-0.05, 0) is 13.1 Å². The van der Waals surface area contributed by atoms with Crippen LogP contribution in [0.1, 0.15) is 18.1 Å². The average molecular weight is 525 g/mol. The second-order valence-corrected chi connectivity index (χ2v) is 7.09. The predicted molar refractivity (Wildman–Crippen MR) is 119 cm³/mol. The summed E-state index contributed by atoms with van der Waals surface area (Å²) < 4.78 is 12.7. The molecule has 31 heavy (non-hydrogen) atoms. The molecule has 2 heterocycles. The van der Waals surface area contributed by atoms with E-state index in [-0.39, 0.29) is 90.6 Å². The molecule has 0 saturated carbocycles. The Hall–Kier alpha value is 0.330. The molecule has 0 bridgehead atoms. The van der Waals surface area contributed by atoms with E-state index in [1.165, 1.54) is 17.5 Å². The molecule has 161 valence electrons. The van der Waals surface area contributed by atoms with Crippen LogP contribution >= 0.6 is 0 Å². The van der Waals surface area contributed by atoms with Crippen LogP contribution < -0.4 is 51.4 Å². The van der Waals surface area contributed by atoms with Crippen LogP contribution in [0.25, 0.3) is 5.73 Å². The topological polar surface area (TPSA) is 45.7 Å². The van der Waals surface area contributed by atoms with E-state index in [9.17, 15) is 4.39 Å². The normalized spacial score (nSPS) is 16.6. The Morgan fingerprint density at radius 1 is 1.29 bits per heavy atom. The van der Waals surface area contributed by atoms with Crippen molar-refractivity contribution in [3.05, 3.63) is 79.1 Å². The number of nitrogens with one attached hydrogen (secondary N) is 1. The number of aliphatic imine (C=N–C) groups is 1. The Morgan fingerprint density at radius 2 is 1.87 bits per heavy atom. The van der Waals surface area contributed by atoms with E-state index in [4.69, 9.17) is 12.3 Å². The van der Waals surface area contributed by atoms with Gasteiger partial charge in [-0.3, -0.25) is 9.29 Å². The SMILES string of the molecule is [CH-]=CN=C([CH-]N1CCN(CC2=C[N+](C)=C2C)CC1)c1ccc([CH2-])cc1.[K+].[NH-]CCF.[Y]. The van der Waals surface area contributed by atoms with E-state index in [0.717, 1.165) is 49.6 Å². The quantitative estimate of drug-likeness (QED) is 0.224. The van der Waals surface area contributed by atoms with E-state index in [0.29, 0.717) is 0 Å². The molecule has 2 aliphatic rings. The zero-order valence-corrected chi connectivity index (χ0v) is 25.0. The summed E-state index contributed by atoms with van der Waals surface area (Å²) >= 11 is 0. The summed E-state index contributed by atoms with van der Waals surface area (Å²) in [6.45, 7) is 18.3. The Balaban J connectivity index is 0.00000138. The van der Waals surface area contributed by atoms with E-state index in [1.807, 2.05) is 24.3 Å². The van der Waals surface area contributed by atoms with Crippen LogP contribution in [0.4, 0.5) is 4.39 Å². The van der Waals surface area contributed by atoms with Crippen molar-refractivity contribution in [2.45, 2.75) is 6.92 Å². The first-order valence-electron chi connectivity index (χ1n) is 9.81. The van der Waals surface area contributed by atoms with Crippen LogP contribution in [0, 0.1) is 20.0 Å². The molecule has 5 nitrogen and oxygen atoms in total. The molecule has 1 N–H and O–H groups in total. The molecule has 1 radical (unpaired) electrons. The summed E-state index contributed by atoms with van der Waals surface area (Å²) in [5.74, 6) is 0. The third-order valence-electron chi connectivity index (χ3n) is 5.01. The Kier molecular flexibility index (Phi) is 17.0. The van der Waals surface area contributed by atoms with Crippen molar-refractivity contribution in [3.8, 4) is 0 Å². The summed E-state index contributed by atoms with van der Waals surface area (Å²) in [5.41, 5.74) is 11.9. The third kappa shape index (κ3) is 10.4. The van der Waals surface area contributed by atoms with Gasteiger partial charge in [0.25, 0.3) is 0 Å². The smallest absolute Gasteiger partial charge is 0.675 e. The fraction of sp³-hybridized carbons (Fsp3) is 0.391. The van der Waals surface area contributed by atoms with Crippen LogP contribution in [0.3, 0.4) is 0 Å². The van der Waals surface area contributed by atoms with Crippen molar-refractivity contribution >= 4 is 11.4 Å².